The Labute approximate surface area is 130 Å². The van der Waals surface area contributed by atoms with Crippen molar-refractivity contribution < 1.29 is 0 Å². The summed E-state index contributed by atoms with van der Waals surface area (Å²) in [6, 6.07) is 7.51. The number of benzene rings is 1. The van der Waals surface area contributed by atoms with Gasteiger partial charge >= 0.3 is 0 Å². The molecule has 0 saturated heterocycles. The van der Waals surface area contributed by atoms with Crippen molar-refractivity contribution in [1.82, 2.24) is 14.5 Å². The summed E-state index contributed by atoms with van der Waals surface area (Å²) in [5.41, 5.74) is 0.810. The Bertz CT molecular complexity index is 698. The van der Waals surface area contributed by atoms with Crippen molar-refractivity contribution in [2.24, 2.45) is 0 Å². The topological polar surface area (TPSA) is 41.0 Å². The van der Waals surface area contributed by atoms with Gasteiger partial charge in [-0.25, -0.2) is 0 Å². The number of nitrogens with zero attached hydrogens (tertiary/aromatic N) is 2. The minimum atomic E-state index is 0.00213. The first-order valence-corrected chi connectivity index (χ1v) is 8.02. The Morgan fingerprint density at radius 1 is 1.14 bits per heavy atom. The smallest absolute Gasteiger partial charge is 0.262 e. The number of aromatic nitrogens is 2. The van der Waals surface area contributed by atoms with Crippen LogP contribution >= 0.6 is 12.2 Å². The zero-order valence-corrected chi connectivity index (χ0v) is 13.6. The Balaban J connectivity index is 2.26. The molecule has 0 atom stereocenters. The number of hydrogen-bond acceptors (Lipinski definition) is 3. The molecule has 5 heteroatoms. The van der Waals surface area contributed by atoms with Gasteiger partial charge in [-0.2, -0.15) is 0 Å². The molecule has 0 aliphatic rings. The van der Waals surface area contributed by atoms with Crippen LogP contribution in [0.4, 0.5) is 0 Å². The van der Waals surface area contributed by atoms with Crippen molar-refractivity contribution in [3.63, 3.8) is 0 Å². The molecule has 0 aliphatic carbocycles. The molecule has 2 aromatic rings. The average molecular weight is 305 g/mol. The second-order valence-electron chi connectivity index (χ2n) is 5.27. The molecule has 1 N–H and O–H groups in total. The van der Waals surface area contributed by atoms with E-state index in [0.717, 1.165) is 38.0 Å². The van der Waals surface area contributed by atoms with E-state index in [-0.39, 0.29) is 5.56 Å². The van der Waals surface area contributed by atoms with Crippen LogP contribution in [-0.4, -0.2) is 34.1 Å². The molecule has 1 aromatic heterocycles. The monoisotopic (exact) mass is 305 g/mol. The highest BCUT2D eigenvalue weighted by Gasteiger charge is 2.07. The molecule has 114 valence electrons. The summed E-state index contributed by atoms with van der Waals surface area (Å²) in [7, 11) is 0. The van der Waals surface area contributed by atoms with Crippen LogP contribution in [0.5, 0.6) is 0 Å². The third kappa shape index (κ3) is 3.80. The summed E-state index contributed by atoms with van der Waals surface area (Å²) in [5, 5.41) is 0.698. The first-order chi connectivity index (χ1) is 10.2. The molecule has 0 fully saturated rings. The standard InChI is InChI=1S/C16H23N3OS/c1-3-9-18(10-4-2)11-12-19-15(20)13-7-5-6-8-14(13)17-16(19)21/h5-8H,3-4,9-12H2,1-2H3,(H,17,21). The SMILES string of the molecule is CCCN(CCC)CCn1c(=S)[nH]c2ccccc2c1=O. The van der Waals surface area contributed by atoms with Gasteiger partial charge in [0.05, 0.1) is 10.9 Å². The van der Waals surface area contributed by atoms with Crippen LogP contribution in [0.3, 0.4) is 0 Å². The van der Waals surface area contributed by atoms with Crippen LogP contribution in [-0.2, 0) is 6.54 Å². The van der Waals surface area contributed by atoms with E-state index < -0.39 is 0 Å². The fourth-order valence-corrected chi connectivity index (χ4v) is 2.90. The van der Waals surface area contributed by atoms with Gasteiger partial charge in [0, 0.05) is 13.1 Å². The molecule has 0 spiro atoms. The molecule has 1 aromatic carbocycles. The largest absolute Gasteiger partial charge is 0.332 e. The van der Waals surface area contributed by atoms with Crippen LogP contribution in [0.2, 0.25) is 0 Å². The minimum absolute atomic E-state index is 0.00213. The first kappa shape index (κ1) is 15.9. The van der Waals surface area contributed by atoms with Crippen molar-refractivity contribution in [3.05, 3.63) is 39.4 Å². The zero-order chi connectivity index (χ0) is 15.2. The maximum atomic E-state index is 12.5. The molecule has 0 aliphatic heterocycles. The van der Waals surface area contributed by atoms with E-state index in [4.69, 9.17) is 12.2 Å². The number of aromatic amines is 1. The van der Waals surface area contributed by atoms with Gasteiger partial charge in [0.15, 0.2) is 4.77 Å². The molecule has 0 unspecified atom stereocenters. The van der Waals surface area contributed by atoms with E-state index >= 15 is 0 Å². The number of nitrogens with one attached hydrogen (secondary N) is 1. The molecule has 0 bridgehead atoms. The van der Waals surface area contributed by atoms with Gasteiger partial charge < -0.3 is 9.88 Å². The van der Waals surface area contributed by atoms with Crippen LogP contribution in [0, 0.1) is 4.77 Å². The maximum Gasteiger partial charge on any atom is 0.262 e. The van der Waals surface area contributed by atoms with Crippen molar-refractivity contribution in [1.29, 1.82) is 0 Å². The highest BCUT2D eigenvalue weighted by molar-refractivity contribution is 7.71. The van der Waals surface area contributed by atoms with Crippen molar-refractivity contribution in [3.8, 4) is 0 Å². The average Bonchev–Trinajstić information content (AvgIpc) is 2.47. The molecule has 0 amide bonds. The normalized spacial score (nSPS) is 11.4. The number of H-pyrrole nitrogens is 1. The molecule has 4 nitrogen and oxygen atoms in total. The third-order valence-corrected chi connectivity index (χ3v) is 3.93. The lowest BCUT2D eigenvalue weighted by molar-refractivity contribution is 0.262. The second kappa shape index (κ2) is 7.52. The molecule has 0 radical (unpaired) electrons. The van der Waals surface area contributed by atoms with E-state index in [9.17, 15) is 4.79 Å². The van der Waals surface area contributed by atoms with Crippen molar-refractivity contribution in [2.45, 2.75) is 33.2 Å². The van der Waals surface area contributed by atoms with Gasteiger partial charge in [-0.1, -0.05) is 26.0 Å². The van der Waals surface area contributed by atoms with E-state index in [1.807, 2.05) is 24.3 Å². The Morgan fingerprint density at radius 3 is 2.48 bits per heavy atom. The van der Waals surface area contributed by atoms with Crippen LogP contribution in [0.25, 0.3) is 10.9 Å². The molecule has 1 heterocycles. The Hall–Kier alpha value is -1.46. The quantitative estimate of drug-likeness (QED) is 0.799. The van der Waals surface area contributed by atoms with Gasteiger partial charge in [0.1, 0.15) is 0 Å². The predicted octanol–water partition coefficient (Wildman–Crippen LogP) is 3.18. The number of fused-ring (bicyclic) bond motifs is 1. The molecule has 2 rings (SSSR count). The summed E-state index contributed by atoms with van der Waals surface area (Å²) >= 11 is 5.34. The van der Waals surface area contributed by atoms with E-state index in [1.54, 1.807) is 4.57 Å². The molecule has 0 saturated carbocycles. The van der Waals surface area contributed by atoms with Crippen LogP contribution < -0.4 is 5.56 Å². The van der Waals surface area contributed by atoms with Gasteiger partial charge in [0.25, 0.3) is 5.56 Å². The summed E-state index contributed by atoms with van der Waals surface area (Å²) in [4.78, 5) is 18.1. The lowest BCUT2D eigenvalue weighted by Gasteiger charge is -2.21. The lowest BCUT2D eigenvalue weighted by atomic mass is 10.2. The van der Waals surface area contributed by atoms with Crippen LogP contribution in [0.1, 0.15) is 26.7 Å². The van der Waals surface area contributed by atoms with Gasteiger partial charge in [-0.15, -0.1) is 0 Å². The van der Waals surface area contributed by atoms with Gasteiger partial charge in [-0.3, -0.25) is 9.36 Å². The summed E-state index contributed by atoms with van der Waals surface area (Å²) in [5.74, 6) is 0. The number of rotatable bonds is 7. The fraction of sp³-hybridized carbons (Fsp3) is 0.500. The maximum absolute atomic E-state index is 12.5. The lowest BCUT2D eigenvalue weighted by Crippen LogP contribution is -2.33. The Morgan fingerprint density at radius 2 is 1.81 bits per heavy atom. The number of para-hydroxylation sites is 1. The second-order valence-corrected chi connectivity index (χ2v) is 5.66. The van der Waals surface area contributed by atoms with E-state index in [2.05, 4.69) is 23.7 Å². The van der Waals surface area contributed by atoms with Crippen LogP contribution in [0.15, 0.2) is 29.1 Å². The first-order valence-electron chi connectivity index (χ1n) is 7.61. The van der Waals surface area contributed by atoms with Crippen molar-refractivity contribution in [2.75, 3.05) is 19.6 Å². The Kier molecular flexibility index (Phi) is 5.70. The fourth-order valence-electron chi connectivity index (χ4n) is 2.61. The summed E-state index contributed by atoms with van der Waals surface area (Å²) < 4.78 is 2.18. The molecule has 21 heavy (non-hydrogen) atoms. The van der Waals surface area contributed by atoms with Gasteiger partial charge in [0.2, 0.25) is 0 Å². The predicted molar refractivity (Wildman–Crippen MR) is 90.4 cm³/mol. The minimum Gasteiger partial charge on any atom is -0.332 e. The molecular formula is C16H23N3OS. The highest BCUT2D eigenvalue weighted by Crippen LogP contribution is 2.06. The summed E-state index contributed by atoms with van der Waals surface area (Å²) in [6.45, 7) is 7.98. The summed E-state index contributed by atoms with van der Waals surface area (Å²) in [6.07, 6.45) is 2.25. The number of hydrogen-bond donors (Lipinski definition) is 1. The molecular weight excluding hydrogens is 282 g/mol. The van der Waals surface area contributed by atoms with Gasteiger partial charge in [-0.05, 0) is 50.3 Å². The zero-order valence-electron chi connectivity index (χ0n) is 12.8. The highest BCUT2D eigenvalue weighted by atomic mass is 32.1. The van der Waals surface area contributed by atoms with E-state index in [0.29, 0.717) is 16.7 Å². The third-order valence-electron chi connectivity index (χ3n) is 3.61. The van der Waals surface area contributed by atoms with Crippen molar-refractivity contribution >= 4 is 23.1 Å². The van der Waals surface area contributed by atoms with E-state index in [1.165, 1.54) is 0 Å².